The highest BCUT2D eigenvalue weighted by atomic mass is 35.5. The normalized spacial score (nSPS) is 17.6. The van der Waals surface area contributed by atoms with E-state index in [9.17, 15) is 37.5 Å². The summed E-state index contributed by atoms with van der Waals surface area (Å²) in [7, 11) is 1.40. The highest BCUT2D eigenvalue weighted by molar-refractivity contribution is 6.34. The van der Waals surface area contributed by atoms with E-state index >= 15 is 0 Å². The zero-order valence-corrected chi connectivity index (χ0v) is 31.8. The molecule has 0 spiro atoms. The Kier molecular flexibility index (Phi) is 11.0. The number of hydrogen-bond acceptors (Lipinski definition) is 9. The molecule has 0 atom stereocenters. The molecule has 0 saturated carbocycles. The van der Waals surface area contributed by atoms with E-state index in [2.05, 4.69) is 25.7 Å². The molecule has 0 aliphatic carbocycles. The van der Waals surface area contributed by atoms with Gasteiger partial charge in [-0.05, 0) is 43.2 Å². The first-order valence-electron chi connectivity index (χ1n) is 18.5. The van der Waals surface area contributed by atoms with Crippen molar-refractivity contribution in [3.05, 3.63) is 71.0 Å². The van der Waals surface area contributed by atoms with E-state index in [1.165, 1.54) is 48.1 Å². The standard InChI is InChI=1S/C37H41ClF3N11O5/c1-48-29(27-19-51(47-32(27)37(39,40)41)30-5-2-24(42)17-44-30)18-45-33(48)34(55)46-25-3-4-26(28(38)14-25)36(57)49-8-6-23(7-9-49)35(56)50-10-12-52(13-11-50,21-31(53)54)20-22-15-43-16-22/h2-5,14,17-19,22-23,43H,6-13,15-16,20-21,42H2,1H3,(H-,46,53,54,55,57)/p+1. The number of imidazole rings is 1. The quantitative estimate of drug-likeness (QED) is 0.173. The maximum absolute atomic E-state index is 14.1. The van der Waals surface area contributed by atoms with Crippen LogP contribution in [0.5, 0.6) is 0 Å². The molecule has 1 aromatic carbocycles. The van der Waals surface area contributed by atoms with Gasteiger partial charge in [0.2, 0.25) is 5.91 Å². The molecule has 0 bridgehead atoms. The smallest absolute Gasteiger partial charge is 0.435 e. The van der Waals surface area contributed by atoms with E-state index in [-0.39, 0.29) is 63.5 Å². The molecule has 3 amide bonds. The van der Waals surface area contributed by atoms with E-state index in [1.807, 2.05) is 4.90 Å². The molecule has 57 heavy (non-hydrogen) atoms. The van der Waals surface area contributed by atoms with Crippen molar-refractivity contribution in [2.75, 3.05) is 76.5 Å². The second-order valence-corrected chi connectivity index (χ2v) is 15.3. The van der Waals surface area contributed by atoms with E-state index in [0.29, 0.717) is 68.2 Å². The second kappa shape index (κ2) is 15.8. The summed E-state index contributed by atoms with van der Waals surface area (Å²) < 4.78 is 44.9. The summed E-state index contributed by atoms with van der Waals surface area (Å²) in [6.07, 6.45) is -0.297. The summed E-state index contributed by atoms with van der Waals surface area (Å²) in [5.74, 6) is -1.75. The zero-order valence-electron chi connectivity index (χ0n) is 31.0. The number of amides is 3. The summed E-state index contributed by atoms with van der Waals surface area (Å²) in [5.41, 5.74) is 4.87. The molecule has 16 nitrogen and oxygen atoms in total. The Morgan fingerprint density at radius 1 is 1.02 bits per heavy atom. The number of aromatic nitrogens is 5. The number of nitrogens with two attached hydrogens (primary N) is 1. The van der Waals surface area contributed by atoms with E-state index < -0.39 is 23.7 Å². The number of nitrogens with zero attached hydrogens (tertiary/aromatic N) is 8. The second-order valence-electron chi connectivity index (χ2n) is 14.9. The monoisotopic (exact) mass is 812 g/mol. The van der Waals surface area contributed by atoms with Crippen molar-refractivity contribution < 1.29 is 41.9 Å². The van der Waals surface area contributed by atoms with Crippen LogP contribution in [0.15, 0.2) is 48.9 Å². The molecule has 5 N–H and O–H groups in total. The summed E-state index contributed by atoms with van der Waals surface area (Å²) in [6, 6.07) is 7.27. The largest absolute Gasteiger partial charge is 0.477 e. The van der Waals surface area contributed by atoms with Crippen molar-refractivity contribution in [1.29, 1.82) is 0 Å². The molecule has 4 aromatic rings. The molecule has 3 fully saturated rings. The van der Waals surface area contributed by atoms with Crippen LogP contribution in [0.1, 0.15) is 39.5 Å². The Labute approximate surface area is 330 Å². The number of alkyl halides is 3. The van der Waals surface area contributed by atoms with Crippen molar-refractivity contribution in [2.24, 2.45) is 18.9 Å². The van der Waals surface area contributed by atoms with Crippen LogP contribution >= 0.6 is 11.6 Å². The molecule has 3 aromatic heterocycles. The number of carbonyl (C=O) groups is 4. The number of aliphatic carboxylic acids is 1. The summed E-state index contributed by atoms with van der Waals surface area (Å²) in [5, 5.41) is 19.2. The number of piperidine rings is 1. The average molecular weight is 813 g/mol. The van der Waals surface area contributed by atoms with Crippen molar-refractivity contribution >= 4 is 46.7 Å². The summed E-state index contributed by atoms with van der Waals surface area (Å²) in [4.78, 5) is 63.6. The number of nitrogen functional groups attached to an aromatic ring is 1. The lowest BCUT2D eigenvalue weighted by molar-refractivity contribution is -0.928. The number of benzene rings is 1. The molecule has 20 heteroatoms. The SMILES string of the molecule is Cn1c(-c2cn(-c3ccc(N)cn3)nc2C(F)(F)F)cnc1C(=O)Nc1ccc(C(=O)N2CCC(C(=O)N3CC[N+](CC(=O)O)(CC4CNC4)CC3)CC2)c(Cl)c1. The minimum absolute atomic E-state index is 0.0243. The van der Waals surface area contributed by atoms with Crippen molar-refractivity contribution in [3.63, 3.8) is 0 Å². The number of carboxylic acids is 1. The Morgan fingerprint density at radius 3 is 2.33 bits per heavy atom. The predicted molar refractivity (Wildman–Crippen MR) is 201 cm³/mol. The lowest BCUT2D eigenvalue weighted by atomic mass is 9.94. The third-order valence-electron chi connectivity index (χ3n) is 11.0. The van der Waals surface area contributed by atoms with Gasteiger partial charge in [0.25, 0.3) is 11.8 Å². The van der Waals surface area contributed by atoms with Gasteiger partial charge in [-0.2, -0.15) is 18.3 Å². The van der Waals surface area contributed by atoms with Gasteiger partial charge in [-0.1, -0.05) is 11.6 Å². The van der Waals surface area contributed by atoms with Crippen LogP contribution in [-0.2, 0) is 22.8 Å². The maximum atomic E-state index is 14.1. The Balaban J connectivity index is 0.954. The van der Waals surface area contributed by atoms with Gasteiger partial charge in [0.1, 0.15) is 0 Å². The number of nitrogens with one attached hydrogen (secondary N) is 2. The number of piperazine rings is 1. The van der Waals surface area contributed by atoms with Gasteiger partial charge in [-0.3, -0.25) is 14.4 Å². The number of hydrogen-bond donors (Lipinski definition) is 4. The van der Waals surface area contributed by atoms with Gasteiger partial charge in [0.05, 0.1) is 72.6 Å². The number of rotatable bonds is 10. The highest BCUT2D eigenvalue weighted by Crippen LogP contribution is 2.37. The molecular formula is C37H42ClF3N11O5+. The molecule has 0 radical (unpaired) electrons. The first kappa shape index (κ1) is 39.7. The van der Waals surface area contributed by atoms with Crippen molar-refractivity contribution in [1.82, 2.24) is 39.4 Å². The number of carboxylic acid groups (broad SMARTS) is 1. The fourth-order valence-electron chi connectivity index (χ4n) is 7.83. The third kappa shape index (κ3) is 8.45. The number of carbonyl (C=O) groups excluding carboxylic acids is 3. The van der Waals surface area contributed by atoms with Crippen LogP contribution in [0.3, 0.4) is 0 Å². The van der Waals surface area contributed by atoms with E-state index in [1.54, 1.807) is 4.90 Å². The van der Waals surface area contributed by atoms with Crippen LogP contribution in [0.2, 0.25) is 5.02 Å². The minimum atomic E-state index is -4.83. The van der Waals surface area contributed by atoms with Gasteiger partial charge in [0, 0.05) is 56.9 Å². The van der Waals surface area contributed by atoms with Gasteiger partial charge < -0.3 is 40.3 Å². The average Bonchev–Trinajstić information content (AvgIpc) is 3.77. The first-order valence-corrected chi connectivity index (χ1v) is 18.9. The predicted octanol–water partition coefficient (Wildman–Crippen LogP) is 2.99. The summed E-state index contributed by atoms with van der Waals surface area (Å²) >= 11 is 6.54. The first-order chi connectivity index (χ1) is 27.1. The topological polar surface area (TPSA) is 194 Å². The lowest BCUT2D eigenvalue weighted by Crippen LogP contribution is -2.66. The fourth-order valence-corrected chi connectivity index (χ4v) is 8.09. The molecule has 0 unspecified atom stereocenters. The minimum Gasteiger partial charge on any atom is -0.477 e. The van der Waals surface area contributed by atoms with Crippen molar-refractivity contribution in [3.8, 4) is 17.1 Å². The molecule has 6 heterocycles. The number of quaternary nitrogens is 1. The van der Waals surface area contributed by atoms with Gasteiger partial charge in [-0.25, -0.2) is 19.4 Å². The van der Waals surface area contributed by atoms with Crippen LogP contribution in [0.4, 0.5) is 24.5 Å². The van der Waals surface area contributed by atoms with E-state index in [4.69, 9.17) is 17.3 Å². The number of anilines is 2. The molecule has 302 valence electrons. The number of pyridine rings is 1. The van der Waals surface area contributed by atoms with Crippen LogP contribution in [0, 0.1) is 11.8 Å². The Bertz CT molecular complexity index is 2170. The van der Waals surface area contributed by atoms with Gasteiger partial charge in [0.15, 0.2) is 23.9 Å². The number of likely N-dealkylation sites (tertiary alicyclic amines) is 1. The molecule has 3 aliphatic heterocycles. The molecule has 7 rings (SSSR count). The molecule has 3 saturated heterocycles. The van der Waals surface area contributed by atoms with Gasteiger partial charge in [-0.15, -0.1) is 0 Å². The Hall–Kier alpha value is -5.53. The zero-order chi connectivity index (χ0) is 40.6. The molecular weight excluding hydrogens is 771 g/mol. The molecule has 3 aliphatic rings. The maximum Gasteiger partial charge on any atom is 0.435 e. The van der Waals surface area contributed by atoms with Crippen LogP contribution in [0.25, 0.3) is 17.1 Å². The third-order valence-corrected chi connectivity index (χ3v) is 11.3. The van der Waals surface area contributed by atoms with Crippen LogP contribution < -0.4 is 16.4 Å². The highest BCUT2D eigenvalue weighted by Gasteiger charge is 2.42. The summed E-state index contributed by atoms with van der Waals surface area (Å²) in [6.45, 7) is 5.50. The lowest BCUT2D eigenvalue weighted by Gasteiger charge is -2.47. The Morgan fingerprint density at radius 2 is 1.74 bits per heavy atom. The van der Waals surface area contributed by atoms with Crippen molar-refractivity contribution in [2.45, 2.75) is 19.0 Å². The fraction of sp³-hybridized carbons (Fsp3) is 0.432. The van der Waals surface area contributed by atoms with Gasteiger partial charge >= 0.3 is 12.1 Å². The number of halogens is 4. The van der Waals surface area contributed by atoms with Crippen LogP contribution in [-0.4, -0.2) is 133 Å². The van der Waals surface area contributed by atoms with E-state index in [0.717, 1.165) is 36.7 Å².